The molecule has 0 saturated carbocycles. The van der Waals surface area contributed by atoms with Gasteiger partial charge in [0.1, 0.15) is 0 Å². The van der Waals surface area contributed by atoms with Crippen molar-refractivity contribution in [2.24, 2.45) is 0 Å². The molecule has 1 unspecified atom stereocenters. The topological polar surface area (TPSA) is 34.1 Å². The van der Waals surface area contributed by atoms with Crippen LogP contribution in [-0.2, 0) is 16.6 Å². The zero-order chi connectivity index (χ0) is 15.4. The van der Waals surface area contributed by atoms with Crippen molar-refractivity contribution >= 4 is 28.2 Å². The maximum absolute atomic E-state index is 12.3. The smallest absolute Gasteiger partial charge is 0.175 e. The molecule has 0 aliphatic rings. The standard InChI is InChI=1S/C17H17ClO2S/c1-12-7-8-13(2)15(9-12)17(19)11-21(20)10-14-5-3-4-6-16(14)18/h3-9H,10-11H2,1-2H3. The Balaban J connectivity index is 2.08. The molecule has 0 N–H and O–H groups in total. The Morgan fingerprint density at radius 1 is 1.14 bits per heavy atom. The maximum Gasteiger partial charge on any atom is 0.175 e. The summed E-state index contributed by atoms with van der Waals surface area (Å²) in [5, 5.41) is 0.588. The summed E-state index contributed by atoms with van der Waals surface area (Å²) in [5.74, 6) is 0.243. The Morgan fingerprint density at radius 3 is 2.57 bits per heavy atom. The number of Topliss-reactive ketones (excluding diaryl/α,β-unsaturated/α-hetero) is 1. The van der Waals surface area contributed by atoms with Gasteiger partial charge in [0.2, 0.25) is 0 Å². The average molecular weight is 321 g/mol. The second-order valence-electron chi connectivity index (χ2n) is 5.06. The summed E-state index contributed by atoms with van der Waals surface area (Å²) in [6.45, 7) is 3.83. The van der Waals surface area contributed by atoms with Crippen molar-refractivity contribution in [3.8, 4) is 0 Å². The van der Waals surface area contributed by atoms with E-state index in [1.54, 1.807) is 6.07 Å². The predicted octanol–water partition coefficient (Wildman–Crippen LogP) is 4.09. The fourth-order valence-corrected chi connectivity index (χ4v) is 3.53. The molecule has 4 heteroatoms. The zero-order valence-corrected chi connectivity index (χ0v) is 13.6. The molecule has 110 valence electrons. The molecule has 0 spiro atoms. The maximum atomic E-state index is 12.3. The van der Waals surface area contributed by atoms with E-state index in [9.17, 15) is 9.00 Å². The minimum Gasteiger partial charge on any atom is -0.293 e. The van der Waals surface area contributed by atoms with Gasteiger partial charge in [-0.15, -0.1) is 0 Å². The molecule has 1 atom stereocenters. The highest BCUT2D eigenvalue weighted by Gasteiger charge is 2.14. The Hall–Kier alpha value is -1.45. The average Bonchev–Trinajstić information content (AvgIpc) is 2.44. The summed E-state index contributed by atoms with van der Waals surface area (Å²) >= 11 is 6.05. The van der Waals surface area contributed by atoms with Crippen molar-refractivity contribution in [2.75, 3.05) is 5.75 Å². The summed E-state index contributed by atoms with van der Waals surface area (Å²) in [5.41, 5.74) is 3.41. The first-order chi connectivity index (χ1) is 9.97. The number of hydrogen-bond donors (Lipinski definition) is 0. The van der Waals surface area contributed by atoms with Crippen molar-refractivity contribution in [2.45, 2.75) is 19.6 Å². The predicted molar refractivity (Wildman–Crippen MR) is 88.4 cm³/mol. The lowest BCUT2D eigenvalue weighted by molar-refractivity contribution is 0.102. The Morgan fingerprint density at radius 2 is 1.86 bits per heavy atom. The lowest BCUT2D eigenvalue weighted by Gasteiger charge is -2.07. The van der Waals surface area contributed by atoms with Crippen LogP contribution in [0, 0.1) is 13.8 Å². The van der Waals surface area contributed by atoms with E-state index in [0.717, 1.165) is 16.7 Å². The van der Waals surface area contributed by atoms with Crippen molar-refractivity contribution in [1.29, 1.82) is 0 Å². The van der Waals surface area contributed by atoms with E-state index in [4.69, 9.17) is 11.6 Å². The molecular weight excluding hydrogens is 304 g/mol. The molecule has 0 aliphatic heterocycles. The normalized spacial score (nSPS) is 12.1. The Bertz CT molecular complexity index is 695. The lowest BCUT2D eigenvalue weighted by atomic mass is 10.0. The zero-order valence-electron chi connectivity index (χ0n) is 12.1. The molecule has 0 amide bonds. The van der Waals surface area contributed by atoms with Gasteiger partial charge in [-0.2, -0.15) is 0 Å². The van der Waals surface area contributed by atoms with Crippen LogP contribution in [0.5, 0.6) is 0 Å². The van der Waals surface area contributed by atoms with Crippen LogP contribution in [0.4, 0.5) is 0 Å². The Kier molecular flexibility index (Phi) is 5.32. The van der Waals surface area contributed by atoms with E-state index in [-0.39, 0.29) is 11.5 Å². The van der Waals surface area contributed by atoms with Crippen molar-refractivity contribution < 1.29 is 9.00 Å². The van der Waals surface area contributed by atoms with E-state index in [1.807, 2.05) is 50.2 Å². The van der Waals surface area contributed by atoms with E-state index >= 15 is 0 Å². The number of hydrogen-bond acceptors (Lipinski definition) is 2. The van der Waals surface area contributed by atoms with Gasteiger partial charge in [0.25, 0.3) is 0 Å². The van der Waals surface area contributed by atoms with Crippen LogP contribution >= 0.6 is 11.6 Å². The minimum absolute atomic E-state index is 0.0233. The lowest BCUT2D eigenvalue weighted by Crippen LogP contribution is -2.14. The van der Waals surface area contributed by atoms with E-state index < -0.39 is 10.8 Å². The SMILES string of the molecule is Cc1ccc(C)c(C(=O)CS(=O)Cc2ccccc2Cl)c1. The van der Waals surface area contributed by atoms with Crippen LogP contribution in [0.1, 0.15) is 27.0 Å². The van der Waals surface area contributed by atoms with Gasteiger partial charge in [0.05, 0.1) is 11.5 Å². The Labute approximate surface area is 132 Å². The van der Waals surface area contributed by atoms with Gasteiger partial charge < -0.3 is 0 Å². The van der Waals surface area contributed by atoms with Gasteiger partial charge in [-0.05, 0) is 37.1 Å². The molecule has 0 saturated heterocycles. The summed E-state index contributed by atoms with van der Waals surface area (Å²) < 4.78 is 12.2. The molecule has 0 aliphatic carbocycles. The third-order valence-corrected chi connectivity index (χ3v) is 4.85. The number of benzene rings is 2. The highest BCUT2D eigenvalue weighted by molar-refractivity contribution is 7.85. The molecule has 0 aromatic heterocycles. The van der Waals surface area contributed by atoms with Crippen LogP contribution in [0.3, 0.4) is 0 Å². The number of halogens is 1. The van der Waals surface area contributed by atoms with Crippen molar-refractivity contribution in [3.63, 3.8) is 0 Å². The largest absolute Gasteiger partial charge is 0.293 e. The summed E-state index contributed by atoms with van der Waals surface area (Å²) in [4.78, 5) is 12.3. The van der Waals surface area contributed by atoms with Gasteiger partial charge in [-0.25, -0.2) is 0 Å². The number of rotatable bonds is 5. The third kappa shape index (κ3) is 4.26. The van der Waals surface area contributed by atoms with E-state index in [0.29, 0.717) is 16.3 Å². The van der Waals surface area contributed by atoms with Crippen LogP contribution in [0.25, 0.3) is 0 Å². The van der Waals surface area contributed by atoms with Gasteiger partial charge in [0.15, 0.2) is 5.78 Å². The number of carbonyl (C=O) groups excluding carboxylic acids is 1. The second kappa shape index (κ2) is 7.01. The molecule has 0 bridgehead atoms. The molecule has 0 radical (unpaired) electrons. The molecule has 2 rings (SSSR count). The summed E-state index contributed by atoms with van der Waals surface area (Å²) in [7, 11) is -1.26. The van der Waals surface area contributed by atoms with Crippen LogP contribution in [0.15, 0.2) is 42.5 Å². The summed E-state index contributed by atoms with van der Waals surface area (Å²) in [6, 6.07) is 13.0. The molecule has 2 aromatic carbocycles. The molecule has 21 heavy (non-hydrogen) atoms. The molecule has 2 aromatic rings. The summed E-state index contributed by atoms with van der Waals surface area (Å²) in [6.07, 6.45) is 0. The number of ketones is 1. The monoisotopic (exact) mass is 320 g/mol. The first-order valence-electron chi connectivity index (χ1n) is 6.66. The highest BCUT2D eigenvalue weighted by Crippen LogP contribution is 2.18. The fraction of sp³-hybridized carbons (Fsp3) is 0.235. The van der Waals surface area contributed by atoms with Crippen molar-refractivity contribution in [3.05, 3.63) is 69.7 Å². The number of aryl methyl sites for hydroxylation is 2. The molecule has 2 nitrogen and oxygen atoms in total. The quantitative estimate of drug-likeness (QED) is 0.778. The van der Waals surface area contributed by atoms with Crippen LogP contribution in [-0.4, -0.2) is 15.7 Å². The molecule has 0 heterocycles. The van der Waals surface area contributed by atoms with E-state index in [2.05, 4.69) is 0 Å². The fourth-order valence-electron chi connectivity index (χ4n) is 2.10. The first-order valence-corrected chi connectivity index (χ1v) is 8.53. The van der Waals surface area contributed by atoms with Crippen LogP contribution < -0.4 is 0 Å². The van der Waals surface area contributed by atoms with Crippen molar-refractivity contribution in [1.82, 2.24) is 0 Å². The van der Waals surface area contributed by atoms with E-state index in [1.165, 1.54) is 0 Å². The highest BCUT2D eigenvalue weighted by atomic mass is 35.5. The van der Waals surface area contributed by atoms with Gasteiger partial charge >= 0.3 is 0 Å². The molecular formula is C17H17ClO2S. The van der Waals surface area contributed by atoms with Gasteiger partial charge in [0, 0.05) is 21.4 Å². The molecule has 0 fully saturated rings. The second-order valence-corrected chi connectivity index (χ2v) is 6.93. The van der Waals surface area contributed by atoms with Gasteiger partial charge in [-0.1, -0.05) is 47.5 Å². The first kappa shape index (κ1) is 15.9. The van der Waals surface area contributed by atoms with Crippen LogP contribution in [0.2, 0.25) is 5.02 Å². The minimum atomic E-state index is -1.26. The van der Waals surface area contributed by atoms with Gasteiger partial charge in [-0.3, -0.25) is 9.00 Å². The number of carbonyl (C=O) groups is 1. The third-order valence-electron chi connectivity index (χ3n) is 3.26.